The summed E-state index contributed by atoms with van der Waals surface area (Å²) in [7, 11) is 4.62. The highest BCUT2D eigenvalue weighted by Gasteiger charge is 2.17. The number of aromatic nitrogens is 1. The second-order valence-electron chi connectivity index (χ2n) is 7.68. The number of thiazole rings is 1. The number of carbonyl (C=O) groups is 1. The van der Waals surface area contributed by atoms with Gasteiger partial charge in [-0.3, -0.25) is 14.2 Å². The molecule has 1 heterocycles. The number of anilines is 1. The quantitative estimate of drug-likeness (QED) is 0.408. The molecule has 3 aromatic carbocycles. The molecular formula is C28H23N3O5S. The van der Waals surface area contributed by atoms with Crippen molar-refractivity contribution < 1.29 is 19.0 Å². The van der Waals surface area contributed by atoms with Crippen molar-refractivity contribution in [3.63, 3.8) is 0 Å². The molecule has 0 aliphatic heterocycles. The second-order valence-corrected chi connectivity index (χ2v) is 8.71. The molecule has 0 radical (unpaired) electrons. The Morgan fingerprint density at radius 1 is 0.946 bits per heavy atom. The maximum atomic E-state index is 13.6. The molecule has 0 bridgehead atoms. The van der Waals surface area contributed by atoms with Crippen molar-refractivity contribution >= 4 is 34.6 Å². The molecule has 1 N–H and O–H groups in total. The number of amides is 1. The molecule has 0 atom stereocenters. The van der Waals surface area contributed by atoms with Crippen LogP contribution in [-0.2, 0) is 4.79 Å². The molecule has 9 heteroatoms. The van der Waals surface area contributed by atoms with Crippen LogP contribution < -0.4 is 34.3 Å². The van der Waals surface area contributed by atoms with E-state index in [0.717, 1.165) is 11.3 Å². The van der Waals surface area contributed by atoms with Gasteiger partial charge in [0, 0.05) is 5.69 Å². The summed E-state index contributed by atoms with van der Waals surface area (Å²) in [6, 6.07) is 22.9. The maximum Gasteiger partial charge on any atom is 0.273 e. The average Bonchev–Trinajstić information content (AvgIpc) is 3.24. The highest BCUT2D eigenvalue weighted by Crippen LogP contribution is 2.27. The molecular weight excluding hydrogens is 490 g/mol. The Labute approximate surface area is 216 Å². The number of hydrogen-bond donors (Lipinski definition) is 1. The molecule has 0 saturated heterocycles. The van der Waals surface area contributed by atoms with Gasteiger partial charge in [-0.2, -0.15) is 5.26 Å². The molecule has 4 aromatic rings. The van der Waals surface area contributed by atoms with Gasteiger partial charge in [0.05, 0.1) is 31.5 Å². The van der Waals surface area contributed by atoms with Gasteiger partial charge in [-0.05, 0) is 60.2 Å². The molecule has 1 amide bonds. The maximum absolute atomic E-state index is 13.6. The van der Waals surface area contributed by atoms with Crippen molar-refractivity contribution in [3.8, 4) is 29.0 Å². The SMILES string of the molecule is COc1ccc(NC(=O)/C(C#N)=c2/s/c(=C/c3ccc(OC)c(OC)c3)c(=O)n2-c2ccccc2)cc1. The third-order valence-corrected chi connectivity index (χ3v) is 6.54. The van der Waals surface area contributed by atoms with Gasteiger partial charge >= 0.3 is 0 Å². The zero-order valence-electron chi connectivity index (χ0n) is 20.3. The van der Waals surface area contributed by atoms with Crippen LogP contribution in [0, 0.1) is 11.3 Å². The van der Waals surface area contributed by atoms with E-state index in [1.807, 2.05) is 12.1 Å². The minimum Gasteiger partial charge on any atom is -0.497 e. The predicted molar refractivity (Wildman–Crippen MR) is 143 cm³/mol. The molecule has 0 spiro atoms. The predicted octanol–water partition coefficient (Wildman–Crippen LogP) is 3.07. The Hall–Kier alpha value is -4.81. The summed E-state index contributed by atoms with van der Waals surface area (Å²) in [6.45, 7) is 0. The van der Waals surface area contributed by atoms with E-state index < -0.39 is 5.91 Å². The first-order valence-corrected chi connectivity index (χ1v) is 11.9. The monoisotopic (exact) mass is 513 g/mol. The lowest BCUT2D eigenvalue weighted by Crippen LogP contribution is -2.32. The summed E-state index contributed by atoms with van der Waals surface area (Å²) >= 11 is 1.06. The first-order chi connectivity index (χ1) is 18.0. The molecule has 0 aliphatic rings. The Kier molecular flexibility index (Phi) is 7.71. The van der Waals surface area contributed by atoms with Crippen LogP contribution >= 0.6 is 11.3 Å². The molecule has 0 saturated carbocycles. The summed E-state index contributed by atoms with van der Waals surface area (Å²) in [6.07, 6.45) is 1.69. The van der Waals surface area contributed by atoms with E-state index in [1.165, 1.54) is 11.7 Å². The molecule has 0 fully saturated rings. The summed E-state index contributed by atoms with van der Waals surface area (Å²) in [4.78, 5) is 26.7. The van der Waals surface area contributed by atoms with Gasteiger partial charge in [-0.25, -0.2) is 0 Å². The number of nitriles is 1. The van der Waals surface area contributed by atoms with Crippen molar-refractivity contribution in [1.82, 2.24) is 4.57 Å². The fraction of sp³-hybridized carbons (Fsp3) is 0.107. The third kappa shape index (κ3) is 5.39. The molecule has 1 aromatic heterocycles. The number of methoxy groups -OCH3 is 3. The van der Waals surface area contributed by atoms with Crippen LogP contribution in [0.2, 0.25) is 0 Å². The van der Waals surface area contributed by atoms with Gasteiger partial charge in [0.25, 0.3) is 11.5 Å². The number of nitrogens with one attached hydrogen (secondary N) is 1. The van der Waals surface area contributed by atoms with Gasteiger partial charge in [-0.15, -0.1) is 11.3 Å². The highest BCUT2D eigenvalue weighted by atomic mass is 32.1. The summed E-state index contributed by atoms with van der Waals surface area (Å²) in [5.41, 5.74) is 1.18. The summed E-state index contributed by atoms with van der Waals surface area (Å²) in [5.74, 6) is 1.08. The first kappa shape index (κ1) is 25.3. The lowest BCUT2D eigenvalue weighted by atomic mass is 10.2. The largest absolute Gasteiger partial charge is 0.497 e. The summed E-state index contributed by atoms with van der Waals surface area (Å²) < 4.78 is 17.7. The minimum absolute atomic E-state index is 0.186. The van der Waals surface area contributed by atoms with E-state index in [4.69, 9.17) is 14.2 Å². The van der Waals surface area contributed by atoms with Gasteiger partial charge in [-0.1, -0.05) is 24.3 Å². The standard InChI is InChI=1S/C28H23N3O5S/c1-34-21-12-10-19(11-13-21)30-26(32)22(17-29)28-31(20-7-5-4-6-8-20)27(33)25(37-28)16-18-9-14-23(35-2)24(15-18)36-3/h4-16H,1-3H3,(H,30,32)/b25-16+,28-22+. The van der Waals surface area contributed by atoms with Crippen LogP contribution in [0.15, 0.2) is 77.6 Å². The topological polar surface area (TPSA) is 103 Å². The van der Waals surface area contributed by atoms with Gasteiger partial charge in [0.2, 0.25) is 0 Å². The third-order valence-electron chi connectivity index (χ3n) is 5.44. The Bertz CT molecular complexity index is 1650. The van der Waals surface area contributed by atoms with Crippen LogP contribution in [0.1, 0.15) is 5.56 Å². The van der Waals surface area contributed by atoms with Crippen LogP contribution in [0.25, 0.3) is 17.3 Å². The molecule has 37 heavy (non-hydrogen) atoms. The van der Waals surface area contributed by atoms with Crippen LogP contribution in [0.5, 0.6) is 17.2 Å². The number of hydrogen-bond acceptors (Lipinski definition) is 7. The van der Waals surface area contributed by atoms with Gasteiger partial charge in [0.1, 0.15) is 16.5 Å². The van der Waals surface area contributed by atoms with Crippen molar-refractivity contribution in [2.75, 3.05) is 26.6 Å². The Balaban J connectivity index is 1.90. The zero-order valence-corrected chi connectivity index (χ0v) is 21.2. The van der Waals surface area contributed by atoms with Crippen LogP contribution in [0.4, 0.5) is 5.69 Å². The van der Waals surface area contributed by atoms with Crippen molar-refractivity contribution in [2.45, 2.75) is 0 Å². The van der Waals surface area contributed by atoms with E-state index in [1.54, 1.807) is 87.0 Å². The van der Waals surface area contributed by atoms with Crippen molar-refractivity contribution in [1.29, 1.82) is 5.26 Å². The van der Waals surface area contributed by atoms with Crippen molar-refractivity contribution in [3.05, 3.63) is 97.9 Å². The van der Waals surface area contributed by atoms with Crippen LogP contribution in [0.3, 0.4) is 0 Å². The summed E-state index contributed by atoms with van der Waals surface area (Å²) in [5, 5.41) is 12.7. The fourth-order valence-electron chi connectivity index (χ4n) is 3.62. The molecule has 186 valence electrons. The number of rotatable bonds is 7. The van der Waals surface area contributed by atoms with E-state index in [2.05, 4.69) is 5.32 Å². The van der Waals surface area contributed by atoms with Crippen molar-refractivity contribution in [2.24, 2.45) is 0 Å². The molecule has 8 nitrogen and oxygen atoms in total. The van der Waals surface area contributed by atoms with Gasteiger partial charge in [0.15, 0.2) is 17.1 Å². The average molecular weight is 514 g/mol. The van der Waals surface area contributed by atoms with E-state index in [-0.39, 0.29) is 15.8 Å². The highest BCUT2D eigenvalue weighted by molar-refractivity contribution is 7.07. The normalized spacial score (nSPS) is 11.9. The lowest BCUT2D eigenvalue weighted by Gasteiger charge is -2.07. The molecule has 4 rings (SSSR count). The van der Waals surface area contributed by atoms with Gasteiger partial charge < -0.3 is 19.5 Å². The fourth-order valence-corrected chi connectivity index (χ4v) is 4.72. The smallest absolute Gasteiger partial charge is 0.273 e. The number of benzene rings is 3. The number of para-hydroxylation sites is 1. The number of ether oxygens (including phenoxy) is 3. The Morgan fingerprint density at radius 2 is 1.65 bits per heavy atom. The van der Waals surface area contributed by atoms with E-state index >= 15 is 0 Å². The Morgan fingerprint density at radius 3 is 2.27 bits per heavy atom. The van der Waals surface area contributed by atoms with E-state index in [0.29, 0.717) is 38.7 Å². The molecule has 0 unspecified atom stereocenters. The number of carbonyl (C=O) groups excluding carboxylic acids is 1. The second kappa shape index (κ2) is 11.3. The van der Waals surface area contributed by atoms with Crippen LogP contribution in [-0.4, -0.2) is 31.8 Å². The lowest BCUT2D eigenvalue weighted by molar-refractivity contribution is -0.111. The zero-order chi connectivity index (χ0) is 26.4. The first-order valence-electron chi connectivity index (χ1n) is 11.1. The number of nitrogens with zero attached hydrogens (tertiary/aromatic N) is 2. The molecule has 0 aliphatic carbocycles. The minimum atomic E-state index is -0.628. The van der Waals surface area contributed by atoms with E-state index in [9.17, 15) is 14.9 Å².